The summed E-state index contributed by atoms with van der Waals surface area (Å²) in [5.74, 6) is -0.161. The second kappa shape index (κ2) is 8.11. The van der Waals surface area contributed by atoms with Gasteiger partial charge in [0, 0.05) is 27.2 Å². The van der Waals surface area contributed by atoms with Crippen LogP contribution in [0.1, 0.15) is 10.4 Å². The van der Waals surface area contributed by atoms with E-state index in [1.54, 1.807) is 24.3 Å². The summed E-state index contributed by atoms with van der Waals surface area (Å²) in [5.41, 5.74) is 4.30. The molecular weight excluding hydrogens is 370 g/mol. The van der Waals surface area contributed by atoms with Gasteiger partial charge in [-0.1, -0.05) is 60.1 Å². The van der Waals surface area contributed by atoms with Crippen LogP contribution in [0.25, 0.3) is 22.2 Å². The first-order chi connectivity index (χ1) is 13.7. The average molecular weight is 388 g/mol. The molecule has 4 nitrogen and oxygen atoms in total. The normalized spacial score (nSPS) is 10.6. The first-order valence-electron chi connectivity index (χ1n) is 8.93. The van der Waals surface area contributed by atoms with E-state index in [9.17, 15) is 4.79 Å². The number of amides is 1. The van der Waals surface area contributed by atoms with Gasteiger partial charge in [-0.3, -0.25) is 4.79 Å². The fourth-order valence-electron chi connectivity index (χ4n) is 3.00. The second-order valence-electron chi connectivity index (χ2n) is 6.30. The first kappa shape index (κ1) is 18.0. The summed E-state index contributed by atoms with van der Waals surface area (Å²) in [6, 6.07) is 26.8. The Morgan fingerprint density at radius 1 is 0.893 bits per heavy atom. The van der Waals surface area contributed by atoms with Crippen LogP contribution in [-0.2, 0) is 0 Å². The van der Waals surface area contributed by atoms with Crippen LogP contribution in [0.5, 0.6) is 0 Å². The molecule has 0 bridgehead atoms. The predicted octanol–water partition coefficient (Wildman–Crippen LogP) is 5.35. The van der Waals surface area contributed by atoms with Gasteiger partial charge in [-0.2, -0.15) is 0 Å². The van der Waals surface area contributed by atoms with E-state index < -0.39 is 0 Å². The first-order valence-corrected chi connectivity index (χ1v) is 9.31. The number of carbonyl (C=O) groups is 1. The zero-order valence-electron chi connectivity index (χ0n) is 15.0. The number of para-hydroxylation sites is 1. The van der Waals surface area contributed by atoms with Crippen LogP contribution in [0.4, 0.5) is 5.69 Å². The Bertz CT molecular complexity index is 1110. The monoisotopic (exact) mass is 387 g/mol. The summed E-state index contributed by atoms with van der Waals surface area (Å²) < 4.78 is 0. The molecule has 1 heterocycles. The molecule has 0 saturated heterocycles. The van der Waals surface area contributed by atoms with Crippen LogP contribution < -0.4 is 10.6 Å². The molecule has 1 aromatic heterocycles. The smallest absolute Gasteiger partial charge is 0.252 e. The van der Waals surface area contributed by atoms with Gasteiger partial charge in [-0.05, 0) is 36.4 Å². The zero-order chi connectivity index (χ0) is 19.3. The molecule has 1 amide bonds. The summed E-state index contributed by atoms with van der Waals surface area (Å²) in [4.78, 5) is 17.1. The number of carbonyl (C=O) groups excluding carboxylic acids is 1. The summed E-state index contributed by atoms with van der Waals surface area (Å²) >= 11 is 5.87. The summed E-state index contributed by atoms with van der Waals surface area (Å²) in [6.07, 6.45) is 0. The van der Waals surface area contributed by atoms with Gasteiger partial charge in [0.2, 0.25) is 0 Å². The molecule has 4 aromatic rings. The third-order valence-electron chi connectivity index (χ3n) is 4.42. The molecule has 0 fully saturated rings. The Labute approximate surface area is 168 Å². The largest absolute Gasteiger partial charge is 0.367 e. The third kappa shape index (κ3) is 3.97. The van der Waals surface area contributed by atoms with Crippen LogP contribution in [-0.4, -0.2) is 17.6 Å². The van der Waals surface area contributed by atoms with Crippen molar-refractivity contribution < 1.29 is 4.79 Å². The maximum absolute atomic E-state index is 12.3. The molecule has 0 aliphatic heterocycles. The molecule has 0 spiro atoms. The Morgan fingerprint density at radius 3 is 2.39 bits per heavy atom. The number of fused-ring (bicyclic) bond motifs is 1. The minimum Gasteiger partial charge on any atom is -0.367 e. The van der Waals surface area contributed by atoms with Crippen molar-refractivity contribution in [3.8, 4) is 11.3 Å². The number of hydrogen-bond donors (Lipinski definition) is 2. The molecule has 0 radical (unpaired) electrons. The summed E-state index contributed by atoms with van der Waals surface area (Å²) in [5, 5.41) is 7.79. The van der Waals surface area contributed by atoms with Gasteiger partial charge in [0.05, 0.1) is 17.9 Å². The molecule has 0 aliphatic rings. The maximum Gasteiger partial charge on any atom is 0.252 e. The van der Waals surface area contributed by atoms with E-state index >= 15 is 0 Å². The van der Waals surface area contributed by atoms with Crippen molar-refractivity contribution in [1.29, 1.82) is 0 Å². The maximum atomic E-state index is 12.3. The molecule has 4 rings (SSSR count). The number of nitrogens with zero attached hydrogens (tertiary/aromatic N) is 1. The minimum atomic E-state index is -0.161. The second-order valence-corrected chi connectivity index (χ2v) is 6.74. The lowest BCUT2D eigenvalue weighted by molar-refractivity contribution is 0.0956. The highest BCUT2D eigenvalue weighted by atomic mass is 35.5. The van der Waals surface area contributed by atoms with E-state index in [1.807, 2.05) is 60.7 Å². The molecule has 2 N–H and O–H groups in total. The lowest BCUT2D eigenvalue weighted by Crippen LogP contribution is -2.29. The van der Waals surface area contributed by atoms with Crippen LogP contribution in [0.2, 0.25) is 5.02 Å². The number of nitrogens with one attached hydrogen (secondary N) is 2. The van der Waals surface area contributed by atoms with E-state index in [2.05, 4.69) is 10.6 Å². The molecule has 138 valence electrons. The van der Waals surface area contributed by atoms with Crippen molar-refractivity contribution >= 4 is 34.1 Å². The molecular formula is C23H18ClN3O. The molecule has 3 aromatic carbocycles. The number of pyridine rings is 1. The van der Waals surface area contributed by atoms with Crippen LogP contribution in [0, 0.1) is 0 Å². The lowest BCUT2D eigenvalue weighted by atomic mass is 10.1. The van der Waals surface area contributed by atoms with E-state index in [0.29, 0.717) is 17.3 Å². The number of rotatable bonds is 5. The van der Waals surface area contributed by atoms with E-state index in [4.69, 9.17) is 16.6 Å². The molecule has 0 saturated carbocycles. The number of halogens is 1. The van der Waals surface area contributed by atoms with Crippen molar-refractivity contribution in [3.05, 3.63) is 95.5 Å². The number of hydrogen-bond acceptors (Lipinski definition) is 3. The zero-order valence-corrected chi connectivity index (χ0v) is 15.8. The summed E-state index contributed by atoms with van der Waals surface area (Å²) in [6.45, 7) is 0.295. The van der Waals surface area contributed by atoms with Crippen molar-refractivity contribution in [2.24, 2.45) is 0 Å². The Kier molecular flexibility index (Phi) is 5.22. The Balaban J connectivity index is 1.56. The fraction of sp³-hybridized carbons (Fsp3) is 0.0435. The average Bonchev–Trinajstić information content (AvgIpc) is 2.74. The van der Waals surface area contributed by atoms with Gasteiger partial charge >= 0.3 is 0 Å². The predicted molar refractivity (Wildman–Crippen MR) is 115 cm³/mol. The molecule has 0 aliphatic carbocycles. The molecule has 28 heavy (non-hydrogen) atoms. The Hall–Kier alpha value is -3.37. The minimum absolute atomic E-state index is 0.161. The van der Waals surface area contributed by atoms with Crippen molar-refractivity contribution in [3.63, 3.8) is 0 Å². The van der Waals surface area contributed by atoms with Gasteiger partial charge in [0.15, 0.2) is 0 Å². The molecule has 0 unspecified atom stereocenters. The highest BCUT2D eigenvalue weighted by Crippen LogP contribution is 2.28. The Morgan fingerprint density at radius 2 is 1.61 bits per heavy atom. The summed E-state index contributed by atoms with van der Waals surface area (Å²) in [7, 11) is 0. The van der Waals surface area contributed by atoms with Gasteiger partial charge < -0.3 is 10.6 Å². The van der Waals surface area contributed by atoms with Gasteiger partial charge in [-0.15, -0.1) is 0 Å². The lowest BCUT2D eigenvalue weighted by Gasteiger charge is -2.13. The van der Waals surface area contributed by atoms with Gasteiger partial charge in [0.25, 0.3) is 5.91 Å². The van der Waals surface area contributed by atoms with E-state index in [0.717, 1.165) is 27.8 Å². The van der Waals surface area contributed by atoms with E-state index in [-0.39, 0.29) is 5.91 Å². The molecule has 5 heteroatoms. The van der Waals surface area contributed by atoms with Crippen molar-refractivity contribution in [2.75, 3.05) is 12.0 Å². The number of anilines is 1. The van der Waals surface area contributed by atoms with Crippen molar-refractivity contribution in [1.82, 2.24) is 10.3 Å². The SMILES string of the molecule is O=C(NCNc1cc(-c2ccccc2)nc2ccccc12)c1ccc(Cl)cc1. The van der Waals surface area contributed by atoms with Crippen LogP contribution >= 0.6 is 11.6 Å². The quantitative estimate of drug-likeness (QED) is 0.453. The van der Waals surface area contributed by atoms with Gasteiger partial charge in [-0.25, -0.2) is 4.98 Å². The van der Waals surface area contributed by atoms with E-state index in [1.165, 1.54) is 0 Å². The third-order valence-corrected chi connectivity index (χ3v) is 4.67. The number of benzene rings is 3. The highest BCUT2D eigenvalue weighted by molar-refractivity contribution is 6.30. The highest BCUT2D eigenvalue weighted by Gasteiger charge is 2.08. The standard InChI is InChI=1S/C23H18ClN3O/c24-18-12-10-17(11-13-18)23(28)26-15-25-22-14-21(16-6-2-1-3-7-16)27-20-9-5-4-8-19(20)22/h1-14H,15H2,(H,25,27)(H,26,28). The topological polar surface area (TPSA) is 54.0 Å². The van der Waals surface area contributed by atoms with Crippen LogP contribution in [0.15, 0.2) is 84.9 Å². The van der Waals surface area contributed by atoms with Crippen molar-refractivity contribution in [2.45, 2.75) is 0 Å². The molecule has 0 atom stereocenters. The van der Waals surface area contributed by atoms with Crippen LogP contribution in [0.3, 0.4) is 0 Å². The van der Waals surface area contributed by atoms with Gasteiger partial charge in [0.1, 0.15) is 0 Å². The fourth-order valence-corrected chi connectivity index (χ4v) is 3.13. The number of aromatic nitrogens is 1.